The molecule has 1 atom stereocenters. The Hall–Kier alpha value is 0.885. The summed E-state index contributed by atoms with van der Waals surface area (Å²) in [6.07, 6.45) is 8.51. The van der Waals surface area contributed by atoms with Gasteiger partial charge >= 0.3 is 0 Å². The minimum Gasteiger partial charge on any atom is -0.317 e. The van der Waals surface area contributed by atoms with Crippen molar-refractivity contribution < 1.29 is 0 Å². The van der Waals surface area contributed by atoms with Gasteiger partial charge in [0.2, 0.25) is 0 Å². The molecule has 0 amide bonds. The Morgan fingerprint density at radius 3 is 1.94 bits per heavy atom. The van der Waals surface area contributed by atoms with Crippen LogP contribution < -0.4 is 5.32 Å². The van der Waals surface area contributed by atoms with Crippen LogP contribution in [0.2, 0.25) is 5.82 Å². The maximum absolute atomic E-state index is 3.66. The molecule has 102 valence electrons. The smallest absolute Gasteiger partial charge is 0.107 e. The lowest BCUT2D eigenvalue weighted by atomic mass is 9.89. The van der Waals surface area contributed by atoms with Gasteiger partial charge in [-0.1, -0.05) is 33.5 Å². The van der Waals surface area contributed by atoms with Crippen LogP contribution in [0.1, 0.15) is 27.7 Å². The van der Waals surface area contributed by atoms with Gasteiger partial charge in [-0.15, -0.1) is 15.8 Å². The van der Waals surface area contributed by atoms with Crippen LogP contribution in [-0.4, -0.2) is 57.9 Å². The van der Waals surface area contributed by atoms with E-state index in [2.05, 4.69) is 40.9 Å². The van der Waals surface area contributed by atoms with E-state index in [0.29, 0.717) is 15.8 Å². The molecule has 0 radical (unpaired) electrons. The molecule has 1 nitrogen and oxygen atoms in total. The highest BCUT2D eigenvalue weighted by molar-refractivity contribution is 7.57. The van der Waals surface area contributed by atoms with Crippen molar-refractivity contribution in [2.75, 3.05) is 50.1 Å². The second-order valence-corrected chi connectivity index (χ2v) is 10.8. The SMILES string of the molecule is BC(CNCCP(CC)CC)CP(CC)CC. The largest absolute Gasteiger partial charge is 0.317 e. The second kappa shape index (κ2) is 11.9. The van der Waals surface area contributed by atoms with Crippen LogP contribution in [0.3, 0.4) is 0 Å². The zero-order valence-corrected chi connectivity index (χ0v) is 14.4. The fraction of sp³-hybridized carbons (Fsp3) is 1.00. The fourth-order valence-corrected chi connectivity index (χ4v) is 5.64. The van der Waals surface area contributed by atoms with Crippen molar-refractivity contribution in [3.63, 3.8) is 0 Å². The van der Waals surface area contributed by atoms with Crippen LogP contribution in [0.15, 0.2) is 0 Å². The Balaban J connectivity index is 3.53. The van der Waals surface area contributed by atoms with Gasteiger partial charge < -0.3 is 5.32 Å². The van der Waals surface area contributed by atoms with Gasteiger partial charge in [0.1, 0.15) is 7.85 Å². The van der Waals surface area contributed by atoms with Gasteiger partial charge in [0.25, 0.3) is 0 Å². The summed E-state index contributed by atoms with van der Waals surface area (Å²) in [6, 6.07) is 0. The van der Waals surface area contributed by atoms with E-state index in [1.54, 1.807) is 0 Å². The van der Waals surface area contributed by atoms with Crippen LogP contribution in [0.4, 0.5) is 0 Å². The summed E-state index contributed by atoms with van der Waals surface area (Å²) in [6.45, 7) is 11.9. The minimum absolute atomic E-state index is 0.329. The summed E-state index contributed by atoms with van der Waals surface area (Å²) in [5, 5.41) is 3.66. The first-order valence-electron chi connectivity index (χ1n) is 7.33. The topological polar surface area (TPSA) is 12.0 Å². The maximum Gasteiger partial charge on any atom is 0.107 e. The molecule has 0 spiro atoms. The molecule has 0 aromatic carbocycles. The van der Waals surface area contributed by atoms with Crippen molar-refractivity contribution in [2.24, 2.45) is 0 Å². The van der Waals surface area contributed by atoms with Gasteiger partial charge in [-0.25, -0.2) is 0 Å². The monoisotopic (exact) mass is 275 g/mol. The molecule has 4 heteroatoms. The molecule has 0 aliphatic heterocycles. The zero-order chi connectivity index (χ0) is 13.1. The van der Waals surface area contributed by atoms with E-state index in [1.807, 2.05) is 0 Å². The van der Waals surface area contributed by atoms with E-state index < -0.39 is 0 Å². The third kappa shape index (κ3) is 9.46. The van der Waals surface area contributed by atoms with E-state index in [9.17, 15) is 0 Å². The molecule has 1 N–H and O–H groups in total. The molecule has 0 aliphatic carbocycles. The van der Waals surface area contributed by atoms with Crippen LogP contribution in [0, 0.1) is 0 Å². The Morgan fingerprint density at radius 2 is 1.47 bits per heavy atom. The summed E-state index contributed by atoms with van der Waals surface area (Å²) >= 11 is 0. The fourth-order valence-electron chi connectivity index (χ4n) is 2.11. The Bertz CT molecular complexity index is 161. The molecule has 0 heterocycles. The first kappa shape index (κ1) is 17.9. The highest BCUT2D eigenvalue weighted by atomic mass is 31.1. The molecule has 0 rings (SSSR count). The molecule has 0 aromatic rings. The average Bonchev–Trinajstić information content (AvgIpc) is 2.36. The van der Waals surface area contributed by atoms with Crippen LogP contribution in [0.25, 0.3) is 0 Å². The molecule has 0 aromatic heterocycles. The summed E-state index contributed by atoms with van der Waals surface area (Å²) in [5.41, 5.74) is 0. The van der Waals surface area contributed by atoms with Crippen molar-refractivity contribution in [1.29, 1.82) is 0 Å². The van der Waals surface area contributed by atoms with Crippen molar-refractivity contribution in [1.82, 2.24) is 5.32 Å². The molecule has 0 saturated heterocycles. The number of nitrogens with one attached hydrogen (secondary N) is 1. The Labute approximate surface area is 113 Å². The molecule has 0 bridgehead atoms. The van der Waals surface area contributed by atoms with Gasteiger partial charge in [-0.05, 0) is 50.1 Å². The van der Waals surface area contributed by atoms with E-state index in [-0.39, 0.29) is 0 Å². The number of rotatable bonds is 11. The molecule has 0 fully saturated rings. The summed E-state index contributed by atoms with van der Waals surface area (Å²) < 4.78 is 0. The zero-order valence-electron chi connectivity index (χ0n) is 12.6. The van der Waals surface area contributed by atoms with Crippen molar-refractivity contribution in [2.45, 2.75) is 33.5 Å². The number of hydrogen-bond donors (Lipinski definition) is 1. The third-order valence-corrected chi connectivity index (χ3v) is 9.03. The Kier molecular flexibility index (Phi) is 12.6. The average molecular weight is 275 g/mol. The third-order valence-electron chi connectivity index (χ3n) is 3.46. The summed E-state index contributed by atoms with van der Waals surface area (Å²) in [5.74, 6) is 0.871. The lowest BCUT2D eigenvalue weighted by Gasteiger charge is -2.20. The van der Waals surface area contributed by atoms with Gasteiger partial charge in [-0.3, -0.25) is 0 Å². The van der Waals surface area contributed by atoms with E-state index in [1.165, 1.54) is 50.1 Å². The van der Waals surface area contributed by atoms with Gasteiger partial charge in [0, 0.05) is 0 Å². The molecular weight excluding hydrogens is 243 g/mol. The normalized spacial score (nSPS) is 13.5. The predicted octanol–water partition coefficient (Wildman–Crippen LogP) is 3.04. The predicted molar refractivity (Wildman–Crippen MR) is 90.9 cm³/mol. The second-order valence-electron chi connectivity index (χ2n) is 4.82. The van der Waals surface area contributed by atoms with Crippen LogP contribution in [0.5, 0.6) is 0 Å². The molecular formula is C13H32BNP2. The highest BCUT2D eigenvalue weighted by Crippen LogP contribution is 2.37. The van der Waals surface area contributed by atoms with Crippen molar-refractivity contribution in [3.8, 4) is 0 Å². The van der Waals surface area contributed by atoms with Gasteiger partial charge in [-0.2, -0.15) is 0 Å². The maximum atomic E-state index is 3.66. The highest BCUT2D eigenvalue weighted by Gasteiger charge is 2.09. The first-order valence-corrected chi connectivity index (χ1v) is 11.1. The van der Waals surface area contributed by atoms with Gasteiger partial charge in [0.15, 0.2) is 0 Å². The standard InChI is InChI=1S/C13H32BNP2/c1-5-16(6-2)10-9-15-11-13(14)12-17(7-3)8-4/h13,15H,5-12,14H2,1-4H3. The summed E-state index contributed by atoms with van der Waals surface area (Å²) in [4.78, 5) is 0. The number of hydrogen-bond acceptors (Lipinski definition) is 1. The molecule has 17 heavy (non-hydrogen) atoms. The van der Waals surface area contributed by atoms with Crippen molar-refractivity contribution in [3.05, 3.63) is 0 Å². The summed E-state index contributed by atoms with van der Waals surface area (Å²) in [7, 11) is 3.07. The van der Waals surface area contributed by atoms with Crippen LogP contribution in [-0.2, 0) is 0 Å². The molecule has 0 saturated carbocycles. The van der Waals surface area contributed by atoms with Crippen LogP contribution >= 0.6 is 15.8 Å². The molecule has 0 aliphatic rings. The van der Waals surface area contributed by atoms with Crippen molar-refractivity contribution >= 4 is 23.7 Å². The Morgan fingerprint density at radius 1 is 0.941 bits per heavy atom. The quantitative estimate of drug-likeness (QED) is 0.347. The van der Waals surface area contributed by atoms with E-state index >= 15 is 0 Å². The lowest BCUT2D eigenvalue weighted by molar-refractivity contribution is 0.706. The van der Waals surface area contributed by atoms with E-state index in [0.717, 1.165) is 5.82 Å². The van der Waals surface area contributed by atoms with Gasteiger partial charge in [0.05, 0.1) is 0 Å². The minimum atomic E-state index is 0.329. The lowest BCUT2D eigenvalue weighted by Crippen LogP contribution is -2.24. The first-order chi connectivity index (χ1) is 8.17. The molecule has 1 unspecified atom stereocenters. The van der Waals surface area contributed by atoms with E-state index in [4.69, 9.17) is 0 Å².